The molecule has 1 amide bonds. The number of imidazole rings is 1. The lowest BCUT2D eigenvalue weighted by atomic mass is 10.4. The van der Waals surface area contributed by atoms with Gasteiger partial charge in [0.25, 0.3) is 0 Å². The highest BCUT2D eigenvalue weighted by Crippen LogP contribution is 2.08. The first-order valence-electron chi connectivity index (χ1n) is 6.57. The molecule has 1 aliphatic heterocycles. The SMILES string of the molecule is C=CN1CCCC1=O.C=Cc1cnc[nH]1.O=C(O)/C=C/C(=O)O. The molecule has 1 fully saturated rings. The molecule has 0 radical (unpaired) electrons. The highest BCUT2D eigenvalue weighted by atomic mass is 16.4. The maximum absolute atomic E-state index is 10.7. The molecule has 0 saturated carbocycles. The average molecular weight is 321 g/mol. The molecule has 8 heteroatoms. The number of amides is 1. The van der Waals surface area contributed by atoms with Gasteiger partial charge in [-0.15, -0.1) is 0 Å². The van der Waals surface area contributed by atoms with Gasteiger partial charge < -0.3 is 20.1 Å². The zero-order valence-electron chi connectivity index (χ0n) is 12.5. The van der Waals surface area contributed by atoms with Gasteiger partial charge in [0.1, 0.15) is 0 Å². The van der Waals surface area contributed by atoms with Crippen LogP contribution >= 0.6 is 0 Å². The summed E-state index contributed by atoms with van der Waals surface area (Å²) in [6, 6.07) is 0. The zero-order chi connectivity index (χ0) is 17.7. The van der Waals surface area contributed by atoms with Crippen LogP contribution in [-0.4, -0.2) is 49.5 Å². The van der Waals surface area contributed by atoms with Crippen LogP contribution in [0.4, 0.5) is 0 Å². The molecule has 8 nitrogen and oxygen atoms in total. The molecular weight excluding hydrogens is 302 g/mol. The van der Waals surface area contributed by atoms with E-state index in [9.17, 15) is 14.4 Å². The summed E-state index contributed by atoms with van der Waals surface area (Å²) >= 11 is 0. The van der Waals surface area contributed by atoms with Crippen LogP contribution in [0.3, 0.4) is 0 Å². The Bertz CT molecular complexity index is 548. The third-order valence-corrected chi connectivity index (χ3v) is 2.44. The molecule has 2 rings (SSSR count). The molecule has 0 atom stereocenters. The molecule has 124 valence electrons. The van der Waals surface area contributed by atoms with Gasteiger partial charge in [-0.05, 0) is 18.7 Å². The first-order valence-corrected chi connectivity index (χ1v) is 6.57. The van der Waals surface area contributed by atoms with Crippen molar-refractivity contribution >= 4 is 23.9 Å². The number of rotatable bonds is 4. The second-order valence-electron chi connectivity index (χ2n) is 4.09. The predicted octanol–water partition coefficient (Wildman–Crippen LogP) is 1.52. The number of carbonyl (C=O) groups excluding carboxylic acids is 1. The standard InChI is InChI=1S/C6H9NO.C5H6N2.C4H4O4/c1-2-7-5-3-4-6(7)8;1-2-5-3-6-4-7-5;5-3(6)1-2-4(7)8/h2H,1,3-5H2;2-4H,1H2,(H,6,7);1-2H,(H,5,6)(H,7,8)/b;;2-1+. The second-order valence-corrected chi connectivity index (χ2v) is 4.09. The number of aliphatic carboxylic acids is 2. The van der Waals surface area contributed by atoms with Crippen molar-refractivity contribution in [3.8, 4) is 0 Å². The molecule has 0 bridgehead atoms. The highest BCUT2D eigenvalue weighted by molar-refractivity contribution is 5.89. The van der Waals surface area contributed by atoms with Crippen molar-refractivity contribution in [2.45, 2.75) is 12.8 Å². The average Bonchev–Trinajstić information content (AvgIpc) is 3.17. The van der Waals surface area contributed by atoms with Crippen LogP contribution in [0, 0.1) is 0 Å². The number of aromatic amines is 1. The lowest BCUT2D eigenvalue weighted by molar-refractivity contribution is -0.134. The summed E-state index contributed by atoms with van der Waals surface area (Å²) in [4.78, 5) is 38.0. The van der Waals surface area contributed by atoms with E-state index in [1.165, 1.54) is 0 Å². The lowest BCUT2D eigenvalue weighted by Crippen LogP contribution is -2.16. The Kier molecular flexibility index (Phi) is 9.91. The molecule has 0 aliphatic carbocycles. The maximum atomic E-state index is 10.7. The van der Waals surface area contributed by atoms with E-state index in [4.69, 9.17) is 10.2 Å². The third-order valence-electron chi connectivity index (χ3n) is 2.44. The van der Waals surface area contributed by atoms with E-state index in [0.29, 0.717) is 18.6 Å². The maximum Gasteiger partial charge on any atom is 0.328 e. The van der Waals surface area contributed by atoms with Crippen LogP contribution in [0.1, 0.15) is 18.5 Å². The quantitative estimate of drug-likeness (QED) is 0.722. The number of carbonyl (C=O) groups is 3. The van der Waals surface area contributed by atoms with E-state index >= 15 is 0 Å². The molecule has 0 spiro atoms. The summed E-state index contributed by atoms with van der Waals surface area (Å²) in [5.41, 5.74) is 0.958. The Balaban J connectivity index is 0.000000316. The van der Waals surface area contributed by atoms with Crippen molar-refractivity contribution in [2.24, 2.45) is 0 Å². The summed E-state index contributed by atoms with van der Waals surface area (Å²) in [6.07, 6.45) is 9.45. The van der Waals surface area contributed by atoms with Crippen LogP contribution in [0.25, 0.3) is 6.08 Å². The molecule has 0 unspecified atom stereocenters. The van der Waals surface area contributed by atoms with Gasteiger partial charge in [-0.25, -0.2) is 14.6 Å². The van der Waals surface area contributed by atoms with Gasteiger partial charge in [0.2, 0.25) is 5.91 Å². The number of H-pyrrole nitrogens is 1. The van der Waals surface area contributed by atoms with Gasteiger partial charge in [-0.3, -0.25) is 4.79 Å². The Morgan fingerprint density at radius 2 is 1.87 bits per heavy atom. The summed E-state index contributed by atoms with van der Waals surface area (Å²) in [7, 11) is 0. The molecule has 3 N–H and O–H groups in total. The van der Waals surface area contributed by atoms with Gasteiger partial charge in [0.05, 0.1) is 18.2 Å². The van der Waals surface area contributed by atoms with E-state index in [1.54, 1.807) is 29.7 Å². The summed E-state index contributed by atoms with van der Waals surface area (Å²) in [5.74, 6) is -2.31. The molecule has 1 aromatic rings. The number of nitrogens with zero attached hydrogens (tertiary/aromatic N) is 2. The molecule has 1 aliphatic rings. The molecular formula is C15H19N3O5. The van der Waals surface area contributed by atoms with Crippen LogP contribution in [0.5, 0.6) is 0 Å². The van der Waals surface area contributed by atoms with Crippen molar-refractivity contribution in [1.29, 1.82) is 0 Å². The number of carboxylic acids is 2. The number of likely N-dealkylation sites (tertiary alicyclic amines) is 1. The van der Waals surface area contributed by atoms with E-state index in [-0.39, 0.29) is 5.91 Å². The fourth-order valence-electron chi connectivity index (χ4n) is 1.38. The van der Waals surface area contributed by atoms with E-state index in [1.807, 2.05) is 0 Å². The van der Waals surface area contributed by atoms with Gasteiger partial charge >= 0.3 is 11.9 Å². The van der Waals surface area contributed by atoms with Crippen molar-refractivity contribution in [1.82, 2.24) is 14.9 Å². The number of carboxylic acid groups (broad SMARTS) is 2. The van der Waals surface area contributed by atoms with Crippen LogP contribution < -0.4 is 0 Å². The van der Waals surface area contributed by atoms with Crippen molar-refractivity contribution in [3.63, 3.8) is 0 Å². The number of hydrogen-bond donors (Lipinski definition) is 3. The van der Waals surface area contributed by atoms with Gasteiger partial charge in [0, 0.05) is 25.1 Å². The van der Waals surface area contributed by atoms with Crippen LogP contribution in [0.2, 0.25) is 0 Å². The van der Waals surface area contributed by atoms with Gasteiger partial charge in [-0.1, -0.05) is 13.2 Å². The Hall–Kier alpha value is -3.16. The smallest absolute Gasteiger partial charge is 0.328 e. The first kappa shape index (κ1) is 19.8. The second kappa shape index (κ2) is 11.5. The lowest BCUT2D eigenvalue weighted by Gasteiger charge is -2.05. The van der Waals surface area contributed by atoms with E-state index in [0.717, 1.165) is 18.7 Å². The van der Waals surface area contributed by atoms with Crippen molar-refractivity contribution in [2.75, 3.05) is 6.54 Å². The molecule has 1 aromatic heterocycles. The highest BCUT2D eigenvalue weighted by Gasteiger charge is 2.15. The van der Waals surface area contributed by atoms with Crippen LogP contribution in [-0.2, 0) is 14.4 Å². The number of aromatic nitrogens is 2. The van der Waals surface area contributed by atoms with E-state index in [2.05, 4.69) is 23.1 Å². The van der Waals surface area contributed by atoms with Crippen molar-refractivity contribution in [3.05, 3.63) is 49.7 Å². The molecule has 23 heavy (non-hydrogen) atoms. The van der Waals surface area contributed by atoms with E-state index < -0.39 is 11.9 Å². The number of nitrogens with one attached hydrogen (secondary N) is 1. The van der Waals surface area contributed by atoms with Crippen LogP contribution in [0.15, 0.2) is 44.0 Å². The molecule has 0 aromatic carbocycles. The van der Waals surface area contributed by atoms with Crippen molar-refractivity contribution < 1.29 is 24.6 Å². The predicted molar refractivity (Wildman–Crippen MR) is 84.2 cm³/mol. The Morgan fingerprint density at radius 1 is 1.26 bits per heavy atom. The van der Waals surface area contributed by atoms with Gasteiger partial charge in [0.15, 0.2) is 0 Å². The largest absolute Gasteiger partial charge is 0.478 e. The molecule has 1 saturated heterocycles. The topological polar surface area (TPSA) is 124 Å². The fourth-order valence-corrected chi connectivity index (χ4v) is 1.38. The van der Waals surface area contributed by atoms with Gasteiger partial charge in [-0.2, -0.15) is 0 Å². The summed E-state index contributed by atoms with van der Waals surface area (Å²) < 4.78 is 0. The zero-order valence-corrected chi connectivity index (χ0v) is 12.5. The first-order chi connectivity index (χ1) is 10.9. The number of hydrogen-bond acceptors (Lipinski definition) is 4. The minimum absolute atomic E-state index is 0.208. The minimum Gasteiger partial charge on any atom is -0.478 e. The normalized spacial score (nSPS) is 12.7. The summed E-state index contributed by atoms with van der Waals surface area (Å²) in [5, 5.41) is 15.6. The third kappa shape index (κ3) is 10.2. The Morgan fingerprint density at radius 3 is 2.09 bits per heavy atom. The Labute approximate surface area is 133 Å². The fraction of sp³-hybridized carbons (Fsp3) is 0.200. The minimum atomic E-state index is -1.26. The molecule has 2 heterocycles. The summed E-state index contributed by atoms with van der Waals surface area (Å²) in [6.45, 7) is 7.89. The monoisotopic (exact) mass is 321 g/mol.